The predicted octanol–water partition coefficient (Wildman–Crippen LogP) is 2.48. The first-order valence-corrected chi connectivity index (χ1v) is 9.05. The minimum Gasteiger partial charge on any atom is -0.381 e. The molecular weight excluding hydrogens is 443 g/mol. The molecule has 7 heteroatoms. The Morgan fingerprint density at radius 1 is 1.35 bits per heavy atom. The number of benzene rings is 1. The van der Waals surface area contributed by atoms with Crippen molar-refractivity contribution in [3.63, 3.8) is 0 Å². The number of rotatable bonds is 9. The molecule has 0 saturated carbocycles. The Kier molecular flexibility index (Phi) is 11.6. The van der Waals surface area contributed by atoms with E-state index >= 15 is 0 Å². The molecule has 0 aromatic heterocycles. The molecule has 1 fully saturated rings. The lowest BCUT2D eigenvalue weighted by Gasteiger charge is -2.15. The van der Waals surface area contributed by atoms with Crippen LogP contribution in [0, 0.1) is 5.92 Å². The van der Waals surface area contributed by atoms with Gasteiger partial charge in [0, 0.05) is 59.1 Å². The van der Waals surface area contributed by atoms with E-state index in [1.807, 2.05) is 0 Å². The molecule has 2 rings (SSSR count). The molecular formula is C19H33IN4O2. The summed E-state index contributed by atoms with van der Waals surface area (Å²) in [6, 6.07) is 8.48. The van der Waals surface area contributed by atoms with Gasteiger partial charge in [-0.15, -0.1) is 24.0 Å². The Balaban J connectivity index is 0.00000338. The maximum Gasteiger partial charge on any atom is 0.191 e. The molecule has 0 aliphatic carbocycles. The van der Waals surface area contributed by atoms with E-state index in [2.05, 4.69) is 58.9 Å². The summed E-state index contributed by atoms with van der Waals surface area (Å²) in [4.78, 5) is 6.37. The second kappa shape index (κ2) is 13.2. The van der Waals surface area contributed by atoms with E-state index < -0.39 is 0 Å². The van der Waals surface area contributed by atoms with Crippen molar-refractivity contribution in [2.24, 2.45) is 10.9 Å². The molecule has 26 heavy (non-hydrogen) atoms. The molecule has 1 unspecified atom stereocenters. The van der Waals surface area contributed by atoms with E-state index in [1.54, 1.807) is 7.05 Å². The van der Waals surface area contributed by atoms with Gasteiger partial charge in [-0.2, -0.15) is 0 Å². The fourth-order valence-corrected chi connectivity index (χ4v) is 2.70. The summed E-state index contributed by atoms with van der Waals surface area (Å²) in [5, 5.41) is 6.68. The standard InChI is InChI=1S/C19H32N4O2.HI/c1-20-19(21-9-5-10-24-14-17-8-11-25-15-17)22-13-16-6-4-7-18(12-16)23(2)3;/h4,6-7,12,17H,5,8-11,13-15H2,1-3H3,(H2,20,21,22);1H. The molecule has 1 aromatic rings. The van der Waals surface area contributed by atoms with Crippen LogP contribution < -0.4 is 15.5 Å². The summed E-state index contributed by atoms with van der Waals surface area (Å²) in [7, 11) is 5.89. The van der Waals surface area contributed by atoms with E-state index in [-0.39, 0.29) is 24.0 Å². The number of hydrogen-bond acceptors (Lipinski definition) is 4. The summed E-state index contributed by atoms with van der Waals surface area (Å²) < 4.78 is 11.1. The van der Waals surface area contributed by atoms with Crippen molar-refractivity contribution in [3.8, 4) is 0 Å². The lowest BCUT2D eigenvalue weighted by atomic mass is 10.1. The quantitative estimate of drug-likeness (QED) is 0.248. The molecule has 1 saturated heterocycles. The fraction of sp³-hybridized carbons (Fsp3) is 0.632. The van der Waals surface area contributed by atoms with E-state index in [0.29, 0.717) is 5.92 Å². The van der Waals surface area contributed by atoms with E-state index in [0.717, 1.165) is 58.3 Å². The normalized spacial score (nSPS) is 16.9. The van der Waals surface area contributed by atoms with Crippen LogP contribution in [0.5, 0.6) is 0 Å². The molecule has 148 valence electrons. The third-order valence-electron chi connectivity index (χ3n) is 4.25. The van der Waals surface area contributed by atoms with E-state index in [4.69, 9.17) is 9.47 Å². The summed E-state index contributed by atoms with van der Waals surface area (Å²) in [5.41, 5.74) is 2.43. The average Bonchev–Trinajstić information content (AvgIpc) is 3.14. The van der Waals surface area contributed by atoms with Crippen molar-refractivity contribution in [1.29, 1.82) is 0 Å². The molecule has 0 radical (unpaired) electrons. The van der Waals surface area contributed by atoms with Crippen LogP contribution >= 0.6 is 24.0 Å². The van der Waals surface area contributed by atoms with Crippen LogP contribution in [0.2, 0.25) is 0 Å². The van der Waals surface area contributed by atoms with E-state index in [1.165, 1.54) is 11.3 Å². The fourth-order valence-electron chi connectivity index (χ4n) is 2.70. The van der Waals surface area contributed by atoms with Gasteiger partial charge in [0.1, 0.15) is 0 Å². The largest absolute Gasteiger partial charge is 0.381 e. The van der Waals surface area contributed by atoms with Gasteiger partial charge in [-0.1, -0.05) is 12.1 Å². The van der Waals surface area contributed by atoms with Gasteiger partial charge in [0.05, 0.1) is 13.2 Å². The first kappa shape index (κ1) is 23.0. The van der Waals surface area contributed by atoms with Gasteiger partial charge in [-0.3, -0.25) is 4.99 Å². The van der Waals surface area contributed by atoms with Crippen molar-refractivity contribution in [1.82, 2.24) is 10.6 Å². The van der Waals surface area contributed by atoms with Crippen molar-refractivity contribution in [2.45, 2.75) is 19.4 Å². The topological polar surface area (TPSA) is 58.1 Å². The molecule has 1 aliphatic heterocycles. The van der Waals surface area contributed by atoms with Gasteiger partial charge in [0.15, 0.2) is 5.96 Å². The Morgan fingerprint density at radius 2 is 2.19 bits per heavy atom. The number of guanidine groups is 1. The lowest BCUT2D eigenvalue weighted by Crippen LogP contribution is -2.37. The highest BCUT2D eigenvalue weighted by Crippen LogP contribution is 2.13. The molecule has 0 amide bonds. The first-order chi connectivity index (χ1) is 12.2. The van der Waals surface area contributed by atoms with Crippen LogP contribution in [0.1, 0.15) is 18.4 Å². The third-order valence-corrected chi connectivity index (χ3v) is 4.25. The molecule has 1 heterocycles. The lowest BCUT2D eigenvalue weighted by molar-refractivity contribution is 0.0888. The maximum atomic E-state index is 5.71. The van der Waals surface area contributed by atoms with Crippen LogP contribution in [0.25, 0.3) is 0 Å². The second-order valence-electron chi connectivity index (χ2n) is 6.57. The first-order valence-electron chi connectivity index (χ1n) is 9.05. The van der Waals surface area contributed by atoms with Gasteiger partial charge in [-0.05, 0) is 30.5 Å². The zero-order valence-electron chi connectivity index (χ0n) is 16.2. The minimum atomic E-state index is 0. The Labute approximate surface area is 174 Å². The SMILES string of the molecule is CN=C(NCCCOCC1CCOC1)NCc1cccc(N(C)C)c1.I. The van der Waals surface area contributed by atoms with Crippen molar-refractivity contribution >= 4 is 35.6 Å². The monoisotopic (exact) mass is 476 g/mol. The van der Waals surface area contributed by atoms with Gasteiger partial charge in [0.25, 0.3) is 0 Å². The van der Waals surface area contributed by atoms with Gasteiger partial charge in [0.2, 0.25) is 0 Å². The molecule has 6 nitrogen and oxygen atoms in total. The summed E-state index contributed by atoms with van der Waals surface area (Å²) >= 11 is 0. The Bertz CT molecular complexity index is 534. The van der Waals surface area contributed by atoms with Crippen LogP contribution in [-0.4, -0.2) is 60.1 Å². The summed E-state index contributed by atoms with van der Waals surface area (Å²) in [6.45, 7) is 4.91. The van der Waals surface area contributed by atoms with Crippen molar-refractivity contribution in [2.75, 3.05) is 59.0 Å². The van der Waals surface area contributed by atoms with Crippen LogP contribution in [-0.2, 0) is 16.0 Å². The highest BCUT2D eigenvalue weighted by Gasteiger charge is 2.15. The number of nitrogens with zero attached hydrogens (tertiary/aromatic N) is 2. The number of nitrogens with one attached hydrogen (secondary N) is 2. The highest BCUT2D eigenvalue weighted by molar-refractivity contribution is 14.0. The van der Waals surface area contributed by atoms with Crippen LogP contribution in [0.3, 0.4) is 0 Å². The Hall–Kier alpha value is -1.06. The number of hydrogen-bond donors (Lipinski definition) is 2. The van der Waals surface area contributed by atoms with Crippen LogP contribution in [0.15, 0.2) is 29.3 Å². The average molecular weight is 476 g/mol. The van der Waals surface area contributed by atoms with Crippen molar-refractivity contribution in [3.05, 3.63) is 29.8 Å². The van der Waals surface area contributed by atoms with E-state index in [9.17, 15) is 0 Å². The third kappa shape index (κ3) is 8.55. The summed E-state index contributed by atoms with van der Waals surface area (Å²) in [5.74, 6) is 1.40. The van der Waals surface area contributed by atoms with Gasteiger partial charge >= 0.3 is 0 Å². The molecule has 1 atom stereocenters. The number of aliphatic imine (C=N–C) groups is 1. The smallest absolute Gasteiger partial charge is 0.191 e. The highest BCUT2D eigenvalue weighted by atomic mass is 127. The van der Waals surface area contributed by atoms with Crippen LogP contribution in [0.4, 0.5) is 5.69 Å². The van der Waals surface area contributed by atoms with Gasteiger partial charge in [-0.25, -0.2) is 0 Å². The predicted molar refractivity (Wildman–Crippen MR) is 119 cm³/mol. The molecule has 1 aliphatic rings. The summed E-state index contributed by atoms with van der Waals surface area (Å²) in [6.07, 6.45) is 2.09. The minimum absolute atomic E-state index is 0. The molecule has 0 bridgehead atoms. The maximum absolute atomic E-state index is 5.71. The molecule has 2 N–H and O–H groups in total. The van der Waals surface area contributed by atoms with Crippen molar-refractivity contribution < 1.29 is 9.47 Å². The second-order valence-corrected chi connectivity index (χ2v) is 6.57. The van der Waals surface area contributed by atoms with Gasteiger partial charge < -0.3 is 25.0 Å². The zero-order valence-corrected chi connectivity index (χ0v) is 18.5. The number of ether oxygens (including phenoxy) is 2. The molecule has 1 aromatic carbocycles. The number of anilines is 1. The Morgan fingerprint density at radius 3 is 2.88 bits per heavy atom. The molecule has 0 spiro atoms. The number of halogens is 1. The zero-order chi connectivity index (χ0) is 17.9.